The van der Waals surface area contributed by atoms with Gasteiger partial charge in [0.05, 0.1) is 12.1 Å². The Bertz CT molecular complexity index is 1140. The van der Waals surface area contributed by atoms with Crippen LogP contribution < -0.4 is 0 Å². The molecule has 0 aliphatic carbocycles. The fourth-order valence-corrected chi connectivity index (χ4v) is 4.78. The Labute approximate surface area is 188 Å². The van der Waals surface area contributed by atoms with E-state index in [-0.39, 0.29) is 29.2 Å². The van der Waals surface area contributed by atoms with Crippen molar-refractivity contribution in [1.29, 1.82) is 0 Å². The molecular formula is C26H29N3O3. The normalized spacial score (nSPS) is 20.7. The molecule has 0 radical (unpaired) electrons. The lowest BCUT2D eigenvalue weighted by molar-refractivity contribution is 0.0495. The first-order chi connectivity index (χ1) is 15.3. The third-order valence-corrected chi connectivity index (χ3v) is 6.54. The number of carbonyl (C=O) groups excluding carboxylic acids is 1. The number of aromatic nitrogens is 2. The van der Waals surface area contributed by atoms with Crippen LogP contribution in [0.3, 0.4) is 0 Å². The molecule has 2 atom stereocenters. The average molecular weight is 432 g/mol. The van der Waals surface area contributed by atoms with Crippen molar-refractivity contribution >= 4 is 5.91 Å². The molecule has 2 aliphatic heterocycles. The van der Waals surface area contributed by atoms with Crippen molar-refractivity contribution in [3.63, 3.8) is 0 Å². The van der Waals surface area contributed by atoms with Gasteiger partial charge in [-0.05, 0) is 41.5 Å². The fraction of sp³-hybridized carbons (Fsp3) is 0.385. The van der Waals surface area contributed by atoms with Gasteiger partial charge in [0.15, 0.2) is 0 Å². The highest BCUT2D eigenvalue weighted by Crippen LogP contribution is 2.45. The number of rotatable bonds is 4. The van der Waals surface area contributed by atoms with Crippen LogP contribution in [0.25, 0.3) is 11.3 Å². The van der Waals surface area contributed by atoms with Crippen LogP contribution in [0, 0.1) is 0 Å². The van der Waals surface area contributed by atoms with Gasteiger partial charge in [0.2, 0.25) is 0 Å². The maximum absolute atomic E-state index is 13.5. The molecule has 0 spiro atoms. The summed E-state index contributed by atoms with van der Waals surface area (Å²) in [6.07, 6.45) is 2.02. The van der Waals surface area contributed by atoms with E-state index >= 15 is 0 Å². The first kappa shape index (κ1) is 20.8. The van der Waals surface area contributed by atoms with Crippen molar-refractivity contribution in [3.05, 3.63) is 70.9 Å². The lowest BCUT2D eigenvalue weighted by Crippen LogP contribution is -2.36. The predicted octanol–water partition coefficient (Wildman–Crippen LogP) is 4.80. The van der Waals surface area contributed by atoms with Gasteiger partial charge >= 0.3 is 0 Å². The third kappa shape index (κ3) is 3.48. The second kappa shape index (κ2) is 7.78. The summed E-state index contributed by atoms with van der Waals surface area (Å²) in [5.41, 5.74) is 4.86. The largest absolute Gasteiger partial charge is 0.507 e. The topological polar surface area (TPSA) is 78.5 Å². The molecular weight excluding hydrogens is 402 g/mol. The van der Waals surface area contributed by atoms with Crippen molar-refractivity contribution in [2.75, 3.05) is 13.2 Å². The van der Waals surface area contributed by atoms with Gasteiger partial charge in [-0.2, -0.15) is 5.10 Å². The number of ether oxygens (including phenoxy) is 1. The molecule has 1 aromatic heterocycles. The molecule has 1 saturated heterocycles. The van der Waals surface area contributed by atoms with Crippen molar-refractivity contribution in [1.82, 2.24) is 15.1 Å². The van der Waals surface area contributed by atoms with Gasteiger partial charge in [0.1, 0.15) is 17.1 Å². The van der Waals surface area contributed by atoms with Crippen molar-refractivity contribution in [3.8, 4) is 17.0 Å². The van der Waals surface area contributed by atoms with E-state index in [9.17, 15) is 9.90 Å². The van der Waals surface area contributed by atoms with Crippen LogP contribution in [-0.2, 0) is 10.2 Å². The Hall–Kier alpha value is -3.12. The van der Waals surface area contributed by atoms with Gasteiger partial charge in [-0.25, -0.2) is 0 Å². The summed E-state index contributed by atoms with van der Waals surface area (Å²) in [4.78, 5) is 15.4. The second-order valence-electron chi connectivity index (χ2n) is 9.75. The van der Waals surface area contributed by atoms with Gasteiger partial charge in [-0.3, -0.25) is 9.89 Å². The average Bonchev–Trinajstić information content (AvgIpc) is 3.48. The fourth-order valence-electron chi connectivity index (χ4n) is 4.78. The maximum atomic E-state index is 13.5. The van der Waals surface area contributed by atoms with E-state index in [1.54, 1.807) is 12.1 Å². The van der Waals surface area contributed by atoms with Crippen LogP contribution in [0.15, 0.2) is 48.5 Å². The second-order valence-corrected chi connectivity index (χ2v) is 9.75. The Morgan fingerprint density at radius 1 is 1.16 bits per heavy atom. The number of hydrogen-bond donors (Lipinski definition) is 2. The number of para-hydroxylation sites is 1. The minimum absolute atomic E-state index is 0.0424. The summed E-state index contributed by atoms with van der Waals surface area (Å²) in [5, 5.41) is 17.9. The zero-order valence-electron chi connectivity index (χ0n) is 18.8. The van der Waals surface area contributed by atoms with Crippen LogP contribution in [0.2, 0.25) is 0 Å². The molecule has 2 aliphatic rings. The number of nitrogens with one attached hydrogen (secondary N) is 1. The Morgan fingerprint density at radius 2 is 1.91 bits per heavy atom. The lowest BCUT2D eigenvalue weighted by atomic mass is 9.85. The Morgan fingerprint density at radius 3 is 2.56 bits per heavy atom. The lowest BCUT2D eigenvalue weighted by Gasteiger charge is -2.29. The quantitative estimate of drug-likeness (QED) is 0.622. The number of phenolic OH excluding ortho intramolecular Hbond substituents is 1. The number of aromatic hydroxyl groups is 1. The summed E-state index contributed by atoms with van der Waals surface area (Å²) in [7, 11) is 0. The van der Waals surface area contributed by atoms with E-state index in [4.69, 9.17) is 4.74 Å². The molecule has 3 aromatic rings. The number of phenols is 1. The first-order valence-corrected chi connectivity index (χ1v) is 11.2. The maximum Gasteiger partial charge on any atom is 0.273 e. The van der Waals surface area contributed by atoms with Gasteiger partial charge < -0.3 is 14.7 Å². The minimum Gasteiger partial charge on any atom is -0.507 e. The summed E-state index contributed by atoms with van der Waals surface area (Å²) < 4.78 is 5.86. The van der Waals surface area contributed by atoms with E-state index in [0.29, 0.717) is 23.5 Å². The van der Waals surface area contributed by atoms with Crippen molar-refractivity contribution < 1.29 is 14.6 Å². The number of benzene rings is 2. The molecule has 1 fully saturated rings. The Balaban J connectivity index is 1.62. The van der Waals surface area contributed by atoms with Crippen LogP contribution in [0.1, 0.15) is 66.8 Å². The summed E-state index contributed by atoms with van der Waals surface area (Å²) in [6, 6.07) is 15.3. The number of aromatic amines is 1. The summed E-state index contributed by atoms with van der Waals surface area (Å²) in [6.45, 7) is 7.85. The van der Waals surface area contributed by atoms with E-state index < -0.39 is 0 Å². The zero-order valence-corrected chi connectivity index (χ0v) is 18.8. The van der Waals surface area contributed by atoms with Crippen LogP contribution in [0.4, 0.5) is 0 Å². The number of hydrogen-bond acceptors (Lipinski definition) is 4. The molecule has 0 saturated carbocycles. The standard InChI is InChI=1S/C26H29N3O3/c1-26(2,3)17-12-10-16(11-13-17)24-21-22(19-8-4-5-9-20(19)30)27-28-23(21)25(31)29(24)15-18-7-6-14-32-18/h4-5,8-13,18,24,30H,6-7,14-15H2,1-3H3,(H,27,28)/t18-,24-/m0/s1. The van der Waals surface area contributed by atoms with Crippen molar-refractivity contribution in [2.45, 2.75) is 51.2 Å². The highest BCUT2D eigenvalue weighted by atomic mass is 16.5. The van der Waals surface area contributed by atoms with Gasteiger partial charge in [-0.15, -0.1) is 0 Å². The first-order valence-electron chi connectivity index (χ1n) is 11.2. The predicted molar refractivity (Wildman–Crippen MR) is 123 cm³/mol. The van der Waals surface area contributed by atoms with Gasteiger partial charge in [0, 0.05) is 24.3 Å². The van der Waals surface area contributed by atoms with E-state index in [0.717, 1.165) is 30.6 Å². The number of amides is 1. The van der Waals surface area contributed by atoms with E-state index in [1.165, 1.54) is 5.56 Å². The summed E-state index contributed by atoms with van der Waals surface area (Å²) >= 11 is 0. The monoisotopic (exact) mass is 431 g/mol. The number of fused-ring (bicyclic) bond motifs is 1. The molecule has 1 amide bonds. The van der Waals surface area contributed by atoms with Crippen LogP contribution in [-0.4, -0.2) is 45.4 Å². The third-order valence-electron chi connectivity index (χ3n) is 6.54. The molecule has 6 heteroatoms. The van der Waals surface area contributed by atoms with Crippen LogP contribution in [0.5, 0.6) is 5.75 Å². The van der Waals surface area contributed by atoms with Gasteiger partial charge in [-0.1, -0.05) is 57.2 Å². The van der Waals surface area contributed by atoms with Gasteiger partial charge in [0.25, 0.3) is 5.91 Å². The van der Waals surface area contributed by atoms with Crippen molar-refractivity contribution in [2.24, 2.45) is 0 Å². The molecule has 166 valence electrons. The highest BCUT2D eigenvalue weighted by molar-refractivity contribution is 6.00. The molecule has 32 heavy (non-hydrogen) atoms. The molecule has 3 heterocycles. The summed E-state index contributed by atoms with van der Waals surface area (Å²) in [5.74, 6) is 0.0724. The molecule has 6 nitrogen and oxygen atoms in total. The molecule has 2 N–H and O–H groups in total. The van der Waals surface area contributed by atoms with Crippen LogP contribution >= 0.6 is 0 Å². The smallest absolute Gasteiger partial charge is 0.273 e. The zero-order chi connectivity index (χ0) is 22.5. The Kier molecular flexibility index (Phi) is 5.05. The van der Waals surface area contributed by atoms with E-state index in [1.807, 2.05) is 17.0 Å². The number of H-pyrrole nitrogens is 1. The SMILES string of the molecule is CC(C)(C)c1ccc([C@H]2c3c(-c4ccccc4O)n[nH]c3C(=O)N2C[C@@H]2CCCO2)cc1. The van der Waals surface area contributed by atoms with E-state index in [2.05, 4.69) is 55.2 Å². The number of nitrogens with zero attached hydrogens (tertiary/aromatic N) is 2. The highest BCUT2D eigenvalue weighted by Gasteiger charge is 2.43. The minimum atomic E-state index is -0.288. The molecule has 5 rings (SSSR count). The molecule has 0 unspecified atom stereocenters. The molecule has 2 aromatic carbocycles. The molecule has 0 bridgehead atoms. The number of carbonyl (C=O) groups is 1.